The van der Waals surface area contributed by atoms with Crippen LogP contribution in [0, 0.1) is 29.1 Å². The van der Waals surface area contributed by atoms with E-state index in [0.29, 0.717) is 40.9 Å². The van der Waals surface area contributed by atoms with Gasteiger partial charge in [0.15, 0.2) is 0 Å². The number of thioether (sulfide) groups is 1. The van der Waals surface area contributed by atoms with Crippen molar-refractivity contribution >= 4 is 17.7 Å². The normalized spacial score (nSPS) is 36.4. The summed E-state index contributed by atoms with van der Waals surface area (Å²) in [6.45, 7) is 5.14. The Bertz CT molecular complexity index is 863. The lowest BCUT2D eigenvalue weighted by atomic mass is 9.63. The maximum Gasteiger partial charge on any atom is 0.291 e. The third-order valence-electron chi connectivity index (χ3n) is 9.31. The van der Waals surface area contributed by atoms with Crippen molar-refractivity contribution < 1.29 is 14.1 Å². The molecule has 0 bridgehead atoms. The zero-order valence-corrected chi connectivity index (χ0v) is 20.8. The number of ether oxygens (including phenoxy) is 1. The van der Waals surface area contributed by atoms with E-state index in [9.17, 15) is 4.79 Å². The van der Waals surface area contributed by atoms with Crippen molar-refractivity contribution in [3.8, 4) is 5.88 Å². The summed E-state index contributed by atoms with van der Waals surface area (Å²) >= 11 is 1.77. The smallest absolute Gasteiger partial charge is 0.291 e. The first-order valence-corrected chi connectivity index (χ1v) is 14.3. The van der Waals surface area contributed by atoms with Gasteiger partial charge in [0.1, 0.15) is 4.90 Å². The molecule has 2 N–H and O–H groups in total. The van der Waals surface area contributed by atoms with Gasteiger partial charge in [-0.3, -0.25) is 4.79 Å². The van der Waals surface area contributed by atoms with Crippen LogP contribution in [0.15, 0.2) is 9.42 Å². The molecule has 1 aliphatic heterocycles. The maximum absolute atomic E-state index is 13.3. The molecule has 0 aromatic carbocycles. The number of amides is 1. The predicted octanol–water partition coefficient (Wildman–Crippen LogP) is 5.03. The monoisotopic (exact) mass is 473 g/mol. The Morgan fingerprint density at radius 2 is 2.00 bits per heavy atom. The number of rotatable bonds is 7. The van der Waals surface area contributed by atoms with Crippen LogP contribution in [0.25, 0.3) is 0 Å². The molecule has 33 heavy (non-hydrogen) atoms. The Hall–Kier alpha value is -1.21. The molecular weight excluding hydrogens is 434 g/mol. The predicted molar refractivity (Wildman–Crippen MR) is 129 cm³/mol. The van der Waals surface area contributed by atoms with Crippen LogP contribution in [-0.2, 0) is 0 Å². The molecule has 5 atom stereocenters. The second-order valence-electron chi connectivity index (χ2n) is 11.6. The van der Waals surface area contributed by atoms with Gasteiger partial charge >= 0.3 is 0 Å². The molecule has 5 unspecified atom stereocenters. The number of nitrogens with zero attached hydrogens (tertiary/aromatic N) is 1. The zero-order chi connectivity index (χ0) is 22.4. The van der Waals surface area contributed by atoms with Gasteiger partial charge in [0.25, 0.3) is 11.8 Å². The van der Waals surface area contributed by atoms with Crippen LogP contribution < -0.4 is 15.4 Å². The van der Waals surface area contributed by atoms with Gasteiger partial charge in [-0.05, 0) is 98.7 Å². The fourth-order valence-electron chi connectivity index (χ4n) is 7.39. The molecule has 5 fully saturated rings. The van der Waals surface area contributed by atoms with Crippen molar-refractivity contribution in [3.63, 3.8) is 0 Å². The number of hydrogen-bond donors (Lipinski definition) is 2. The summed E-state index contributed by atoms with van der Waals surface area (Å²) in [5, 5.41) is 11.5. The van der Waals surface area contributed by atoms with E-state index < -0.39 is 0 Å². The molecule has 2 heterocycles. The molecule has 1 aromatic heterocycles. The number of hydrogen-bond acceptors (Lipinski definition) is 6. The van der Waals surface area contributed by atoms with E-state index in [2.05, 4.69) is 22.7 Å². The summed E-state index contributed by atoms with van der Waals surface area (Å²) in [6, 6.07) is 0.313. The number of piperidine rings is 1. The molecule has 182 valence electrons. The fourth-order valence-corrected chi connectivity index (χ4v) is 8.73. The van der Waals surface area contributed by atoms with Crippen molar-refractivity contribution in [2.45, 2.75) is 93.7 Å². The van der Waals surface area contributed by atoms with Gasteiger partial charge < -0.3 is 19.9 Å². The van der Waals surface area contributed by atoms with E-state index in [-0.39, 0.29) is 5.91 Å². The Labute approximate surface area is 201 Å². The Morgan fingerprint density at radius 1 is 1.18 bits per heavy atom. The highest BCUT2D eigenvalue weighted by Crippen LogP contribution is 2.72. The summed E-state index contributed by atoms with van der Waals surface area (Å²) in [5.74, 6) is 3.95. The van der Waals surface area contributed by atoms with E-state index in [1.54, 1.807) is 11.8 Å². The van der Waals surface area contributed by atoms with E-state index >= 15 is 0 Å². The van der Waals surface area contributed by atoms with Crippen LogP contribution in [0.4, 0.5) is 0 Å². The SMILES string of the molecule is CC1CC2CC3(CC3NC(=O)c3onc(OCC4CCNCC4)c3SC3CCCCC3)C2C1. The molecule has 1 aromatic rings. The first-order valence-electron chi connectivity index (χ1n) is 13.4. The van der Waals surface area contributed by atoms with Gasteiger partial charge in [-0.25, -0.2) is 0 Å². The van der Waals surface area contributed by atoms with E-state index in [1.807, 2.05) is 0 Å². The Balaban J connectivity index is 1.13. The summed E-state index contributed by atoms with van der Waals surface area (Å²) in [5.41, 5.74) is 0.385. The largest absolute Gasteiger partial charge is 0.474 e. The van der Waals surface area contributed by atoms with Crippen molar-refractivity contribution in [3.05, 3.63) is 5.76 Å². The molecule has 1 amide bonds. The highest BCUT2D eigenvalue weighted by atomic mass is 32.2. The van der Waals surface area contributed by atoms with Crippen molar-refractivity contribution in [2.75, 3.05) is 19.7 Å². The van der Waals surface area contributed by atoms with Crippen molar-refractivity contribution in [1.29, 1.82) is 0 Å². The van der Waals surface area contributed by atoms with Crippen LogP contribution in [0.5, 0.6) is 5.88 Å². The standard InChI is InChI=1S/C26H39N3O3S/c1-16-11-18-13-26(20(18)12-16)14-21(26)28-24(30)22-23(33-19-5-3-2-4-6-19)25(29-32-22)31-15-17-7-9-27-10-8-17/h16-21,27H,2-15H2,1H3,(H,28,30). The number of aromatic nitrogens is 1. The van der Waals surface area contributed by atoms with Gasteiger partial charge in [-0.1, -0.05) is 26.2 Å². The van der Waals surface area contributed by atoms with E-state index in [0.717, 1.165) is 55.0 Å². The van der Waals surface area contributed by atoms with Gasteiger partial charge in [0, 0.05) is 11.3 Å². The molecule has 1 saturated heterocycles. The minimum absolute atomic E-state index is 0.0890. The fraction of sp³-hybridized carbons (Fsp3) is 0.846. The molecule has 1 spiro atoms. The number of fused-ring (bicyclic) bond motifs is 2. The second-order valence-corrected chi connectivity index (χ2v) is 12.9. The van der Waals surface area contributed by atoms with Gasteiger partial charge in [-0.15, -0.1) is 11.8 Å². The van der Waals surface area contributed by atoms with Crippen LogP contribution in [0.2, 0.25) is 0 Å². The third-order valence-corrected chi connectivity index (χ3v) is 10.7. The van der Waals surface area contributed by atoms with Gasteiger partial charge in [0.05, 0.1) is 6.61 Å². The Morgan fingerprint density at radius 3 is 2.79 bits per heavy atom. The zero-order valence-electron chi connectivity index (χ0n) is 19.9. The molecule has 6 nitrogen and oxygen atoms in total. The van der Waals surface area contributed by atoms with Crippen molar-refractivity contribution in [1.82, 2.24) is 15.8 Å². The molecular formula is C26H39N3O3S. The van der Waals surface area contributed by atoms with Crippen LogP contribution in [0.1, 0.15) is 88.1 Å². The van der Waals surface area contributed by atoms with E-state index in [1.165, 1.54) is 51.4 Å². The average Bonchev–Trinajstić information content (AvgIpc) is 3.26. The van der Waals surface area contributed by atoms with Crippen LogP contribution in [-0.4, -0.2) is 42.1 Å². The topological polar surface area (TPSA) is 76.4 Å². The summed E-state index contributed by atoms with van der Waals surface area (Å²) in [6.07, 6.45) is 13.7. The highest BCUT2D eigenvalue weighted by molar-refractivity contribution is 8.00. The quantitative estimate of drug-likeness (QED) is 0.578. The van der Waals surface area contributed by atoms with E-state index in [4.69, 9.17) is 9.26 Å². The third kappa shape index (κ3) is 4.33. The first-order chi connectivity index (χ1) is 16.1. The first kappa shape index (κ1) is 22.3. The van der Waals surface area contributed by atoms with Crippen molar-refractivity contribution in [2.24, 2.45) is 29.1 Å². The molecule has 4 aliphatic carbocycles. The molecule has 4 saturated carbocycles. The van der Waals surface area contributed by atoms with Crippen LogP contribution in [0.3, 0.4) is 0 Å². The van der Waals surface area contributed by atoms with Gasteiger partial charge in [0.2, 0.25) is 5.76 Å². The molecule has 0 radical (unpaired) electrons. The Kier molecular flexibility index (Phi) is 6.14. The number of carbonyl (C=O) groups excluding carboxylic acids is 1. The molecule has 5 aliphatic rings. The maximum atomic E-state index is 13.3. The minimum atomic E-state index is -0.0890. The van der Waals surface area contributed by atoms with Crippen LogP contribution >= 0.6 is 11.8 Å². The lowest BCUT2D eigenvalue weighted by molar-refractivity contribution is 0.0635. The summed E-state index contributed by atoms with van der Waals surface area (Å²) < 4.78 is 11.8. The highest BCUT2D eigenvalue weighted by Gasteiger charge is 2.69. The lowest BCUT2D eigenvalue weighted by Gasteiger charge is -2.42. The lowest BCUT2D eigenvalue weighted by Crippen LogP contribution is -2.41. The second kappa shape index (κ2) is 9.10. The summed E-state index contributed by atoms with van der Waals surface area (Å²) in [7, 11) is 0. The summed E-state index contributed by atoms with van der Waals surface area (Å²) in [4.78, 5) is 14.2. The number of nitrogens with one attached hydrogen (secondary N) is 2. The molecule has 7 heteroatoms. The molecule has 6 rings (SSSR count). The van der Waals surface area contributed by atoms with Gasteiger partial charge in [-0.2, -0.15) is 0 Å². The minimum Gasteiger partial charge on any atom is -0.474 e. The average molecular weight is 474 g/mol. The number of carbonyl (C=O) groups is 1.